The third kappa shape index (κ3) is 4.46. The van der Waals surface area contributed by atoms with E-state index in [9.17, 15) is 4.79 Å². The Morgan fingerprint density at radius 1 is 1.12 bits per heavy atom. The molecule has 0 saturated carbocycles. The van der Waals surface area contributed by atoms with Crippen molar-refractivity contribution in [1.29, 1.82) is 0 Å². The molecule has 0 bridgehead atoms. The van der Waals surface area contributed by atoms with Gasteiger partial charge >= 0.3 is 5.63 Å². The van der Waals surface area contributed by atoms with E-state index < -0.39 is 0 Å². The van der Waals surface area contributed by atoms with Crippen LogP contribution in [0.25, 0.3) is 11.0 Å². The number of thioether (sulfide) groups is 1. The second-order valence-electron chi connectivity index (χ2n) is 6.06. The van der Waals surface area contributed by atoms with Gasteiger partial charge in [-0.2, -0.15) is 0 Å². The van der Waals surface area contributed by atoms with Crippen LogP contribution in [0, 0.1) is 13.8 Å². The summed E-state index contributed by atoms with van der Waals surface area (Å²) in [5, 5.41) is 4.02. The van der Waals surface area contributed by atoms with Gasteiger partial charge in [-0.3, -0.25) is 0 Å². The number of nitrogens with two attached hydrogens (primary N) is 1. The molecule has 0 amide bonds. The first-order valence-corrected chi connectivity index (χ1v) is 9.64. The van der Waals surface area contributed by atoms with Crippen LogP contribution in [0.1, 0.15) is 16.7 Å². The zero-order chi connectivity index (χ0) is 17.8. The molecule has 0 aliphatic rings. The van der Waals surface area contributed by atoms with Gasteiger partial charge in [0.15, 0.2) is 0 Å². The fraction of sp³-hybridized carbons (Fsp3) is 0.250. The van der Waals surface area contributed by atoms with E-state index in [4.69, 9.17) is 16.0 Å². The second-order valence-corrected chi connectivity index (χ2v) is 7.66. The molecule has 25 heavy (non-hydrogen) atoms. The summed E-state index contributed by atoms with van der Waals surface area (Å²) in [6, 6.07) is 13.6. The molecule has 3 aromatic rings. The summed E-state index contributed by atoms with van der Waals surface area (Å²) in [4.78, 5) is 13.1. The van der Waals surface area contributed by atoms with Crippen molar-refractivity contribution in [3.05, 3.63) is 74.6 Å². The smallest absolute Gasteiger partial charge is 0.336 e. The van der Waals surface area contributed by atoms with Crippen molar-refractivity contribution >= 4 is 34.3 Å². The number of aryl methyl sites for hydroxylation is 2. The van der Waals surface area contributed by atoms with E-state index in [-0.39, 0.29) is 5.63 Å². The van der Waals surface area contributed by atoms with E-state index in [1.165, 1.54) is 4.90 Å². The highest BCUT2D eigenvalue weighted by Gasteiger charge is 2.10. The van der Waals surface area contributed by atoms with Crippen molar-refractivity contribution in [2.24, 2.45) is 0 Å². The van der Waals surface area contributed by atoms with Gasteiger partial charge < -0.3 is 9.73 Å². The zero-order valence-electron chi connectivity index (χ0n) is 14.3. The van der Waals surface area contributed by atoms with Gasteiger partial charge in [0, 0.05) is 32.7 Å². The van der Waals surface area contributed by atoms with Crippen LogP contribution in [0.15, 0.2) is 56.6 Å². The van der Waals surface area contributed by atoms with Crippen LogP contribution in [-0.2, 0) is 6.54 Å². The van der Waals surface area contributed by atoms with E-state index in [1.54, 1.807) is 17.8 Å². The van der Waals surface area contributed by atoms with Crippen LogP contribution in [0.3, 0.4) is 0 Å². The van der Waals surface area contributed by atoms with Gasteiger partial charge in [-0.05, 0) is 49.2 Å². The molecule has 0 saturated heterocycles. The normalized spacial score (nSPS) is 11.2. The number of quaternary nitrogens is 1. The molecule has 130 valence electrons. The Morgan fingerprint density at radius 3 is 2.64 bits per heavy atom. The largest absolute Gasteiger partial charge is 0.422 e. The molecule has 5 heteroatoms. The van der Waals surface area contributed by atoms with E-state index in [1.807, 2.05) is 44.2 Å². The predicted octanol–water partition coefficient (Wildman–Crippen LogP) is 3.92. The van der Waals surface area contributed by atoms with Gasteiger partial charge in [-0.15, -0.1) is 11.8 Å². The van der Waals surface area contributed by atoms with Gasteiger partial charge in [-0.1, -0.05) is 23.7 Å². The number of fused-ring (bicyclic) bond motifs is 1. The number of benzene rings is 2. The van der Waals surface area contributed by atoms with Crippen molar-refractivity contribution in [1.82, 2.24) is 0 Å². The van der Waals surface area contributed by atoms with Gasteiger partial charge in [-0.25, -0.2) is 4.79 Å². The summed E-state index contributed by atoms with van der Waals surface area (Å²) in [5.41, 5.74) is 3.64. The number of rotatable bonds is 6. The monoisotopic (exact) mass is 374 g/mol. The van der Waals surface area contributed by atoms with E-state index in [2.05, 4.69) is 11.4 Å². The van der Waals surface area contributed by atoms with E-state index >= 15 is 0 Å². The molecule has 2 aromatic carbocycles. The highest BCUT2D eigenvalue weighted by molar-refractivity contribution is 7.99. The molecule has 2 N–H and O–H groups in total. The Bertz CT molecular complexity index is 935. The van der Waals surface area contributed by atoms with Crippen molar-refractivity contribution in [2.75, 3.05) is 12.3 Å². The van der Waals surface area contributed by atoms with Crippen molar-refractivity contribution in [3.63, 3.8) is 0 Å². The SMILES string of the molecule is Cc1ccc2c(C[NH2+]CCSc3ccc(Cl)cc3)cc(=O)oc2c1C. The predicted molar refractivity (Wildman–Crippen MR) is 105 cm³/mol. The van der Waals surface area contributed by atoms with Gasteiger partial charge in [0.05, 0.1) is 6.54 Å². The summed E-state index contributed by atoms with van der Waals surface area (Å²) >= 11 is 7.70. The minimum atomic E-state index is -0.278. The summed E-state index contributed by atoms with van der Waals surface area (Å²) in [7, 11) is 0. The standard InChI is InChI=1S/C20H20ClNO2S/c1-13-3-8-18-15(11-19(23)24-20(18)14(13)2)12-22-9-10-25-17-6-4-16(21)5-7-17/h3-8,11,22H,9-10,12H2,1-2H3/p+1. The van der Waals surface area contributed by atoms with Crippen LogP contribution in [0.4, 0.5) is 0 Å². The molecule has 0 radical (unpaired) electrons. The molecule has 1 aromatic heterocycles. The Kier molecular flexibility index (Phi) is 5.84. The average Bonchev–Trinajstić information content (AvgIpc) is 2.60. The summed E-state index contributed by atoms with van der Waals surface area (Å²) in [5.74, 6) is 0.999. The van der Waals surface area contributed by atoms with E-state index in [0.717, 1.165) is 45.9 Å². The molecular weight excluding hydrogens is 354 g/mol. The first-order valence-electron chi connectivity index (χ1n) is 8.27. The zero-order valence-corrected chi connectivity index (χ0v) is 15.9. The lowest BCUT2D eigenvalue weighted by Gasteiger charge is -2.08. The maximum atomic E-state index is 11.9. The number of hydrogen-bond acceptors (Lipinski definition) is 3. The quantitative estimate of drug-likeness (QED) is 0.404. The molecule has 0 fully saturated rings. The fourth-order valence-electron chi connectivity index (χ4n) is 2.74. The van der Waals surface area contributed by atoms with Crippen LogP contribution in [0.2, 0.25) is 5.02 Å². The minimum absolute atomic E-state index is 0.278. The third-order valence-electron chi connectivity index (χ3n) is 4.29. The maximum Gasteiger partial charge on any atom is 0.336 e. The number of halogens is 1. The van der Waals surface area contributed by atoms with Crippen molar-refractivity contribution in [2.45, 2.75) is 25.3 Å². The summed E-state index contributed by atoms with van der Waals surface area (Å²) in [6.45, 7) is 5.77. The molecule has 3 rings (SSSR count). The summed E-state index contributed by atoms with van der Waals surface area (Å²) in [6.07, 6.45) is 0. The molecule has 0 aliphatic heterocycles. The third-order valence-corrected chi connectivity index (χ3v) is 5.58. The molecular formula is C20H21ClNO2S+. The van der Waals surface area contributed by atoms with Crippen LogP contribution in [-0.4, -0.2) is 12.3 Å². The molecule has 1 heterocycles. The first-order chi connectivity index (χ1) is 12.0. The van der Waals surface area contributed by atoms with Gasteiger partial charge in [0.25, 0.3) is 0 Å². The van der Waals surface area contributed by atoms with Crippen molar-refractivity contribution in [3.8, 4) is 0 Å². The number of hydrogen-bond donors (Lipinski definition) is 1. The molecule has 3 nitrogen and oxygen atoms in total. The van der Waals surface area contributed by atoms with Crippen molar-refractivity contribution < 1.29 is 9.73 Å². The fourth-order valence-corrected chi connectivity index (χ4v) is 3.72. The highest BCUT2D eigenvalue weighted by Crippen LogP contribution is 2.23. The first kappa shape index (κ1) is 18.1. The lowest BCUT2D eigenvalue weighted by molar-refractivity contribution is -0.666. The highest BCUT2D eigenvalue weighted by atomic mass is 35.5. The molecule has 0 spiro atoms. The lowest BCUT2D eigenvalue weighted by atomic mass is 10.0. The molecule has 0 atom stereocenters. The summed E-state index contributed by atoms with van der Waals surface area (Å²) < 4.78 is 5.42. The Labute approximate surface area is 156 Å². The average molecular weight is 375 g/mol. The van der Waals surface area contributed by atoms with Gasteiger partial charge in [0.2, 0.25) is 0 Å². The van der Waals surface area contributed by atoms with Crippen LogP contribution >= 0.6 is 23.4 Å². The Balaban J connectivity index is 1.62. The second kappa shape index (κ2) is 8.09. The lowest BCUT2D eigenvalue weighted by Crippen LogP contribution is -2.83. The van der Waals surface area contributed by atoms with E-state index in [0.29, 0.717) is 5.58 Å². The maximum absolute atomic E-state index is 11.9. The molecule has 0 unspecified atom stereocenters. The minimum Gasteiger partial charge on any atom is -0.422 e. The molecule has 0 aliphatic carbocycles. The van der Waals surface area contributed by atoms with Crippen LogP contribution in [0.5, 0.6) is 0 Å². The Hall–Kier alpha value is -1.75. The topological polar surface area (TPSA) is 46.8 Å². The Morgan fingerprint density at radius 2 is 1.88 bits per heavy atom. The van der Waals surface area contributed by atoms with Crippen LogP contribution < -0.4 is 10.9 Å². The van der Waals surface area contributed by atoms with Gasteiger partial charge in [0.1, 0.15) is 12.1 Å².